The van der Waals surface area contributed by atoms with Crippen LogP contribution in [0.2, 0.25) is 0 Å². The van der Waals surface area contributed by atoms with Crippen LogP contribution in [0.25, 0.3) is 17.1 Å². The summed E-state index contributed by atoms with van der Waals surface area (Å²) in [5, 5.41) is 4.86. The molecule has 0 radical (unpaired) electrons. The lowest BCUT2D eigenvalue weighted by Gasteiger charge is -2.28. The van der Waals surface area contributed by atoms with Crippen LogP contribution < -0.4 is 4.74 Å². The van der Waals surface area contributed by atoms with E-state index in [1.807, 2.05) is 53.6 Å². The number of aryl methyl sites for hydroxylation is 2. The van der Waals surface area contributed by atoms with E-state index in [0.717, 1.165) is 52.5 Å². The molecular formula is C25H26FN5O. The molecule has 2 atom stereocenters. The Morgan fingerprint density at radius 1 is 1.09 bits per heavy atom. The fraction of sp³-hybridized carbons (Fsp3) is 0.320. The molecule has 6 nitrogen and oxygen atoms in total. The number of hydrogen-bond acceptors (Lipinski definition) is 4. The van der Waals surface area contributed by atoms with Gasteiger partial charge in [-0.3, -0.25) is 0 Å². The first-order valence-electron chi connectivity index (χ1n) is 10.9. The van der Waals surface area contributed by atoms with Gasteiger partial charge < -0.3 is 9.30 Å². The van der Waals surface area contributed by atoms with Crippen molar-refractivity contribution in [1.82, 2.24) is 24.3 Å². The zero-order valence-corrected chi connectivity index (χ0v) is 18.7. The maximum Gasteiger partial charge on any atom is 0.181 e. The van der Waals surface area contributed by atoms with Crippen molar-refractivity contribution in [2.24, 2.45) is 0 Å². The minimum Gasteiger partial charge on any atom is -0.495 e. The van der Waals surface area contributed by atoms with Crippen molar-refractivity contribution in [3.8, 4) is 22.8 Å². The first kappa shape index (κ1) is 20.4. The van der Waals surface area contributed by atoms with Crippen LogP contribution >= 0.6 is 0 Å². The molecule has 164 valence electrons. The molecule has 0 N–H and O–H groups in total. The second kappa shape index (κ2) is 7.89. The number of hydrogen-bond donors (Lipinski definition) is 0. The van der Waals surface area contributed by atoms with Crippen LogP contribution in [0.4, 0.5) is 4.39 Å². The van der Waals surface area contributed by atoms with Crippen LogP contribution in [0, 0.1) is 19.7 Å². The first-order valence-corrected chi connectivity index (χ1v) is 10.9. The van der Waals surface area contributed by atoms with Gasteiger partial charge >= 0.3 is 0 Å². The van der Waals surface area contributed by atoms with E-state index in [-0.39, 0.29) is 17.8 Å². The summed E-state index contributed by atoms with van der Waals surface area (Å²) in [4.78, 5) is 9.27. The summed E-state index contributed by atoms with van der Waals surface area (Å²) in [5.41, 5.74) is 4.81. The van der Waals surface area contributed by atoms with Crippen LogP contribution in [0.15, 0.2) is 48.9 Å². The number of fused-ring (bicyclic) bond motifs is 1. The number of aromatic nitrogens is 5. The molecule has 5 rings (SSSR count). The van der Waals surface area contributed by atoms with Crippen molar-refractivity contribution in [2.75, 3.05) is 7.11 Å². The van der Waals surface area contributed by atoms with Crippen molar-refractivity contribution < 1.29 is 9.13 Å². The second-order valence-corrected chi connectivity index (χ2v) is 8.53. The van der Waals surface area contributed by atoms with Gasteiger partial charge in [-0.2, -0.15) is 5.10 Å². The molecular weight excluding hydrogens is 405 g/mol. The Kier molecular flexibility index (Phi) is 5.04. The van der Waals surface area contributed by atoms with Crippen molar-refractivity contribution in [3.63, 3.8) is 0 Å². The SMILES string of the molecule is COc1cc(-c2nc3n(n2)C(C)CCC3c2ccc(F)cc2C)ccc1-n1cnc(C)c1. The predicted octanol–water partition coefficient (Wildman–Crippen LogP) is 5.38. The Hall–Kier alpha value is -3.48. The molecule has 7 heteroatoms. The molecule has 0 aliphatic carbocycles. The molecule has 2 unspecified atom stereocenters. The maximum absolute atomic E-state index is 13.7. The molecule has 1 aliphatic heterocycles. The van der Waals surface area contributed by atoms with Crippen molar-refractivity contribution in [1.29, 1.82) is 0 Å². The Labute approximate surface area is 186 Å². The Balaban J connectivity index is 1.56. The average molecular weight is 432 g/mol. The van der Waals surface area contributed by atoms with Gasteiger partial charge in [0.15, 0.2) is 5.82 Å². The van der Waals surface area contributed by atoms with Gasteiger partial charge in [0.25, 0.3) is 0 Å². The van der Waals surface area contributed by atoms with Gasteiger partial charge in [0.05, 0.1) is 30.9 Å². The third-order valence-electron chi connectivity index (χ3n) is 6.29. The van der Waals surface area contributed by atoms with Crippen molar-refractivity contribution >= 4 is 0 Å². The number of benzene rings is 2. The fourth-order valence-corrected chi connectivity index (χ4v) is 4.59. The normalized spacial score (nSPS) is 17.9. The van der Waals surface area contributed by atoms with E-state index < -0.39 is 0 Å². The number of methoxy groups -OCH3 is 1. The van der Waals surface area contributed by atoms with Crippen molar-refractivity contribution in [2.45, 2.75) is 45.6 Å². The molecule has 32 heavy (non-hydrogen) atoms. The summed E-state index contributed by atoms with van der Waals surface area (Å²) >= 11 is 0. The summed E-state index contributed by atoms with van der Waals surface area (Å²) in [6.07, 6.45) is 5.70. The molecule has 3 heterocycles. The third-order valence-corrected chi connectivity index (χ3v) is 6.29. The molecule has 0 saturated carbocycles. The summed E-state index contributed by atoms with van der Waals surface area (Å²) in [7, 11) is 1.66. The standard InChI is InChI=1S/C25H26FN5O/c1-15-11-19(26)7-9-20(15)21-8-5-17(3)31-25(21)28-24(29-31)18-6-10-22(23(12-18)32-4)30-13-16(2)27-14-30/h6-7,9-14,17,21H,5,8H2,1-4H3. The minimum atomic E-state index is -0.210. The number of rotatable bonds is 4. The number of ether oxygens (including phenoxy) is 1. The van der Waals surface area contributed by atoms with E-state index in [0.29, 0.717) is 5.82 Å². The number of halogens is 1. The van der Waals surface area contributed by atoms with Crippen molar-refractivity contribution in [3.05, 3.63) is 77.4 Å². The van der Waals surface area contributed by atoms with Gasteiger partial charge in [0.1, 0.15) is 17.4 Å². The summed E-state index contributed by atoms with van der Waals surface area (Å²) < 4.78 is 23.3. The fourth-order valence-electron chi connectivity index (χ4n) is 4.59. The summed E-state index contributed by atoms with van der Waals surface area (Å²) in [5.74, 6) is 2.22. The highest BCUT2D eigenvalue weighted by molar-refractivity contribution is 5.63. The molecule has 2 aromatic heterocycles. The van der Waals surface area contributed by atoms with E-state index in [1.54, 1.807) is 19.5 Å². The van der Waals surface area contributed by atoms with E-state index in [9.17, 15) is 4.39 Å². The third kappa shape index (κ3) is 3.47. The zero-order chi connectivity index (χ0) is 22.4. The van der Waals surface area contributed by atoms with E-state index in [4.69, 9.17) is 14.8 Å². The quantitative estimate of drug-likeness (QED) is 0.435. The lowest BCUT2D eigenvalue weighted by Crippen LogP contribution is -2.22. The molecule has 0 fully saturated rings. The predicted molar refractivity (Wildman–Crippen MR) is 121 cm³/mol. The first-order chi connectivity index (χ1) is 15.4. The molecule has 1 aliphatic rings. The highest BCUT2D eigenvalue weighted by Crippen LogP contribution is 2.39. The second-order valence-electron chi connectivity index (χ2n) is 8.53. The van der Waals surface area contributed by atoms with Gasteiger partial charge in [0.2, 0.25) is 0 Å². The molecule has 4 aromatic rings. The molecule has 0 amide bonds. The summed E-state index contributed by atoms with van der Waals surface area (Å²) in [6, 6.07) is 11.2. The minimum absolute atomic E-state index is 0.100. The van der Waals surface area contributed by atoms with Crippen LogP contribution in [0.1, 0.15) is 54.4 Å². The highest BCUT2D eigenvalue weighted by Gasteiger charge is 2.30. The Bertz CT molecular complexity index is 1290. The summed E-state index contributed by atoms with van der Waals surface area (Å²) in [6.45, 7) is 6.08. The largest absolute Gasteiger partial charge is 0.495 e. The zero-order valence-electron chi connectivity index (χ0n) is 18.7. The topological polar surface area (TPSA) is 57.8 Å². The van der Waals surface area contributed by atoms with Gasteiger partial charge in [-0.15, -0.1) is 0 Å². The van der Waals surface area contributed by atoms with Crippen LogP contribution in [-0.2, 0) is 0 Å². The monoisotopic (exact) mass is 431 g/mol. The number of nitrogens with zero attached hydrogens (tertiary/aromatic N) is 5. The lowest BCUT2D eigenvalue weighted by molar-refractivity contribution is 0.365. The lowest BCUT2D eigenvalue weighted by atomic mass is 9.86. The van der Waals surface area contributed by atoms with E-state index in [2.05, 4.69) is 11.9 Å². The number of imidazole rings is 1. The average Bonchev–Trinajstić information content (AvgIpc) is 3.41. The van der Waals surface area contributed by atoms with Gasteiger partial charge in [-0.25, -0.2) is 19.0 Å². The van der Waals surface area contributed by atoms with Crippen LogP contribution in [0.3, 0.4) is 0 Å². The Morgan fingerprint density at radius 2 is 1.94 bits per heavy atom. The molecule has 2 aromatic carbocycles. The van der Waals surface area contributed by atoms with Crippen LogP contribution in [0.5, 0.6) is 5.75 Å². The van der Waals surface area contributed by atoms with Gasteiger partial charge in [-0.1, -0.05) is 6.07 Å². The molecule has 0 saturated heterocycles. The van der Waals surface area contributed by atoms with Gasteiger partial charge in [-0.05, 0) is 75.1 Å². The Morgan fingerprint density at radius 3 is 2.66 bits per heavy atom. The smallest absolute Gasteiger partial charge is 0.181 e. The maximum atomic E-state index is 13.7. The van der Waals surface area contributed by atoms with Gasteiger partial charge in [0, 0.05) is 17.7 Å². The highest BCUT2D eigenvalue weighted by atomic mass is 19.1. The van der Waals surface area contributed by atoms with E-state index in [1.165, 1.54) is 6.07 Å². The molecule has 0 spiro atoms. The van der Waals surface area contributed by atoms with E-state index >= 15 is 0 Å². The molecule has 0 bridgehead atoms. The van der Waals surface area contributed by atoms with Crippen LogP contribution in [-0.4, -0.2) is 31.4 Å².